The van der Waals surface area contributed by atoms with Gasteiger partial charge in [-0.25, -0.2) is 13.6 Å². The number of alkyl halides is 2. The van der Waals surface area contributed by atoms with Crippen molar-refractivity contribution in [2.24, 2.45) is 0 Å². The van der Waals surface area contributed by atoms with Crippen LogP contribution in [0.4, 0.5) is 14.6 Å². The minimum atomic E-state index is -2.36. The zero-order valence-electron chi connectivity index (χ0n) is 11.0. The average Bonchev–Trinajstić information content (AvgIpc) is 2.39. The van der Waals surface area contributed by atoms with Crippen LogP contribution in [0.2, 0.25) is 0 Å². The van der Waals surface area contributed by atoms with Gasteiger partial charge in [-0.1, -0.05) is 0 Å². The second-order valence-corrected chi connectivity index (χ2v) is 4.29. The van der Waals surface area contributed by atoms with E-state index in [1.54, 1.807) is 0 Å². The number of aromatic nitrogens is 2. The quantitative estimate of drug-likeness (QED) is 0.645. The molecule has 4 N–H and O–H groups in total. The highest BCUT2D eigenvalue weighted by Crippen LogP contribution is 2.30. The molecule has 0 aliphatic heterocycles. The summed E-state index contributed by atoms with van der Waals surface area (Å²) in [6.07, 6.45) is -5.40. The first-order valence-corrected chi connectivity index (χ1v) is 5.77. The van der Waals surface area contributed by atoms with E-state index < -0.39 is 36.5 Å². The van der Waals surface area contributed by atoms with Crippen LogP contribution in [0.5, 0.6) is 0 Å². The summed E-state index contributed by atoms with van der Waals surface area (Å²) in [5.41, 5.74) is 2.01. The number of rotatable bonds is 6. The van der Waals surface area contributed by atoms with Crippen LogP contribution >= 0.6 is 0 Å². The highest BCUT2D eigenvalue weighted by molar-refractivity contribution is 5.23. The molecule has 1 heterocycles. The van der Waals surface area contributed by atoms with Gasteiger partial charge in [0.1, 0.15) is 18.1 Å². The van der Waals surface area contributed by atoms with Crippen molar-refractivity contribution in [2.45, 2.75) is 31.1 Å². The van der Waals surface area contributed by atoms with E-state index in [1.165, 1.54) is 0 Å². The predicted octanol–water partition coefficient (Wildman–Crippen LogP) is -0.610. The van der Waals surface area contributed by atoms with E-state index in [2.05, 4.69) is 4.98 Å². The molecule has 0 radical (unpaired) electrons. The molecule has 1 aromatic rings. The number of aliphatic hydroxyl groups is 2. The minimum Gasteiger partial charge on any atom is -0.393 e. The molecule has 1 unspecified atom stereocenters. The van der Waals surface area contributed by atoms with Crippen molar-refractivity contribution in [3.05, 3.63) is 22.7 Å². The van der Waals surface area contributed by atoms with Gasteiger partial charge in [0.25, 0.3) is 0 Å². The third-order valence-electron chi connectivity index (χ3n) is 3.18. The van der Waals surface area contributed by atoms with Crippen LogP contribution in [-0.2, 0) is 4.74 Å². The maximum atomic E-state index is 14.2. The normalized spacial score (nSPS) is 19.1. The Morgan fingerprint density at radius 3 is 2.60 bits per heavy atom. The van der Waals surface area contributed by atoms with Gasteiger partial charge in [-0.3, -0.25) is 4.57 Å². The Labute approximate surface area is 113 Å². The minimum absolute atomic E-state index is 0.119. The molecule has 114 valence electrons. The number of ether oxygens (including phenoxy) is 1. The molecule has 0 fully saturated rings. The van der Waals surface area contributed by atoms with Gasteiger partial charge in [-0.05, 0) is 13.0 Å². The van der Waals surface area contributed by atoms with E-state index in [0.717, 1.165) is 26.3 Å². The smallest absolute Gasteiger partial charge is 0.351 e. The fourth-order valence-electron chi connectivity index (χ4n) is 1.80. The molecule has 20 heavy (non-hydrogen) atoms. The topological polar surface area (TPSA) is 111 Å². The molecule has 0 amide bonds. The molecule has 0 bridgehead atoms. The first-order valence-electron chi connectivity index (χ1n) is 5.77. The standard InChI is InChI=1S/C11H17F2N3O4/c1-6(12)11(5-17,20-2)8(18)9(13)16-4-3-7(14)15-10(16)19/h3-4,6,8-9,17-18H,5H2,1-2H3,(H2,14,15,19)/t6-,8-,9-,11?/m0/s1. The Morgan fingerprint density at radius 1 is 1.60 bits per heavy atom. The van der Waals surface area contributed by atoms with Gasteiger partial charge in [0.15, 0.2) is 5.60 Å². The van der Waals surface area contributed by atoms with Gasteiger partial charge >= 0.3 is 5.69 Å². The molecule has 0 aliphatic carbocycles. The molecular formula is C11H17F2N3O4. The number of hydrogen-bond donors (Lipinski definition) is 3. The molecule has 4 atom stereocenters. The summed E-state index contributed by atoms with van der Waals surface area (Å²) in [5, 5.41) is 19.1. The summed E-state index contributed by atoms with van der Waals surface area (Å²) in [5.74, 6) is -0.119. The van der Waals surface area contributed by atoms with Gasteiger partial charge in [0, 0.05) is 13.3 Å². The molecular weight excluding hydrogens is 276 g/mol. The van der Waals surface area contributed by atoms with Crippen LogP contribution in [0.3, 0.4) is 0 Å². The van der Waals surface area contributed by atoms with Gasteiger partial charge in [-0.15, -0.1) is 0 Å². The summed E-state index contributed by atoms with van der Waals surface area (Å²) >= 11 is 0. The van der Waals surface area contributed by atoms with Crippen LogP contribution in [0.15, 0.2) is 17.1 Å². The lowest BCUT2D eigenvalue weighted by molar-refractivity contribution is -0.191. The van der Waals surface area contributed by atoms with Gasteiger partial charge < -0.3 is 20.7 Å². The number of anilines is 1. The summed E-state index contributed by atoms with van der Waals surface area (Å²) < 4.78 is 33.0. The van der Waals surface area contributed by atoms with E-state index in [-0.39, 0.29) is 5.82 Å². The largest absolute Gasteiger partial charge is 0.393 e. The highest BCUT2D eigenvalue weighted by Gasteiger charge is 2.48. The van der Waals surface area contributed by atoms with Crippen LogP contribution in [-0.4, -0.2) is 51.4 Å². The molecule has 0 saturated heterocycles. The van der Waals surface area contributed by atoms with Crippen LogP contribution in [0, 0.1) is 0 Å². The van der Waals surface area contributed by atoms with Gasteiger partial charge in [-0.2, -0.15) is 4.98 Å². The molecule has 0 aliphatic rings. The molecule has 7 nitrogen and oxygen atoms in total. The Kier molecular flexibility index (Phi) is 5.15. The molecule has 0 spiro atoms. The van der Waals surface area contributed by atoms with Crippen molar-refractivity contribution in [3.63, 3.8) is 0 Å². The molecule has 9 heteroatoms. The van der Waals surface area contributed by atoms with Crippen molar-refractivity contribution in [1.82, 2.24) is 9.55 Å². The highest BCUT2D eigenvalue weighted by atomic mass is 19.1. The lowest BCUT2D eigenvalue weighted by atomic mass is 9.91. The van der Waals surface area contributed by atoms with Crippen LogP contribution in [0.1, 0.15) is 13.2 Å². The fraction of sp³-hybridized carbons (Fsp3) is 0.636. The Bertz CT molecular complexity index is 505. The average molecular weight is 293 g/mol. The lowest BCUT2D eigenvalue weighted by Gasteiger charge is -2.37. The Morgan fingerprint density at radius 2 is 2.20 bits per heavy atom. The van der Waals surface area contributed by atoms with E-state index in [1.807, 2.05) is 0 Å². The van der Waals surface area contributed by atoms with E-state index >= 15 is 0 Å². The molecule has 1 aromatic heterocycles. The second kappa shape index (κ2) is 6.25. The van der Waals surface area contributed by atoms with Crippen molar-refractivity contribution in [1.29, 1.82) is 0 Å². The number of nitrogen functional groups attached to an aromatic ring is 1. The predicted molar refractivity (Wildman–Crippen MR) is 66.5 cm³/mol. The van der Waals surface area contributed by atoms with Crippen molar-refractivity contribution in [2.75, 3.05) is 19.5 Å². The fourth-order valence-corrected chi connectivity index (χ4v) is 1.80. The SMILES string of the molecule is COC(CO)([C@H](C)F)[C@@H](O)[C@@H](F)n1ccc(N)nc1=O. The maximum Gasteiger partial charge on any atom is 0.351 e. The van der Waals surface area contributed by atoms with Gasteiger partial charge in [0.2, 0.25) is 6.30 Å². The number of nitrogens with zero attached hydrogens (tertiary/aromatic N) is 2. The Hall–Kier alpha value is -1.58. The first-order chi connectivity index (χ1) is 9.30. The van der Waals surface area contributed by atoms with E-state index in [4.69, 9.17) is 10.5 Å². The summed E-state index contributed by atoms with van der Waals surface area (Å²) in [7, 11) is 1.02. The van der Waals surface area contributed by atoms with Crippen LogP contribution in [0.25, 0.3) is 0 Å². The summed E-state index contributed by atoms with van der Waals surface area (Å²) in [6.45, 7) is 0.0274. The number of hydrogen-bond acceptors (Lipinski definition) is 6. The van der Waals surface area contributed by atoms with E-state index in [9.17, 15) is 23.8 Å². The molecule has 0 aromatic carbocycles. The first kappa shape index (κ1) is 16.5. The summed E-state index contributed by atoms with van der Waals surface area (Å²) in [6, 6.07) is 1.15. The third kappa shape index (κ3) is 2.79. The zero-order chi connectivity index (χ0) is 15.5. The number of aliphatic hydroxyl groups excluding tert-OH is 2. The number of halogens is 2. The van der Waals surface area contributed by atoms with Crippen LogP contribution < -0.4 is 11.4 Å². The van der Waals surface area contributed by atoms with E-state index in [0.29, 0.717) is 4.57 Å². The Balaban J connectivity index is 3.18. The molecule has 0 saturated carbocycles. The molecule has 1 rings (SSSR count). The summed E-state index contributed by atoms with van der Waals surface area (Å²) in [4.78, 5) is 14.8. The lowest BCUT2D eigenvalue weighted by Crippen LogP contribution is -2.57. The monoisotopic (exact) mass is 293 g/mol. The zero-order valence-corrected chi connectivity index (χ0v) is 11.0. The van der Waals surface area contributed by atoms with Crippen molar-refractivity contribution < 1.29 is 23.7 Å². The maximum absolute atomic E-state index is 14.2. The van der Waals surface area contributed by atoms with Gasteiger partial charge in [0.05, 0.1) is 6.61 Å². The van der Waals surface area contributed by atoms with Crippen molar-refractivity contribution >= 4 is 5.82 Å². The number of nitrogens with two attached hydrogens (primary N) is 1. The third-order valence-corrected chi connectivity index (χ3v) is 3.18. The van der Waals surface area contributed by atoms with Crippen molar-refractivity contribution in [3.8, 4) is 0 Å². The number of methoxy groups -OCH3 is 1. The second-order valence-electron chi connectivity index (χ2n) is 4.29.